The highest BCUT2D eigenvalue weighted by Gasteiger charge is 2.28. The molecule has 1 aliphatic rings. The Bertz CT molecular complexity index is 1000. The van der Waals surface area contributed by atoms with Gasteiger partial charge in [-0.05, 0) is 53.4 Å². The number of benzene rings is 2. The van der Waals surface area contributed by atoms with Gasteiger partial charge < -0.3 is 4.74 Å². The topological polar surface area (TPSA) is 43.4 Å². The summed E-state index contributed by atoms with van der Waals surface area (Å²) in [5.74, 6) is -0.0263. The van der Waals surface area contributed by atoms with E-state index in [-0.39, 0.29) is 5.78 Å². The van der Waals surface area contributed by atoms with E-state index in [0.29, 0.717) is 32.3 Å². The average Bonchev–Trinajstić information content (AvgIpc) is 3.25. The number of rotatable bonds is 3. The van der Waals surface area contributed by atoms with E-state index in [1.165, 1.54) is 11.3 Å². The number of halogens is 1. The molecule has 25 heavy (non-hydrogen) atoms. The van der Waals surface area contributed by atoms with Crippen molar-refractivity contribution in [2.75, 3.05) is 0 Å². The molecule has 0 saturated heterocycles. The van der Waals surface area contributed by atoms with Crippen molar-refractivity contribution >= 4 is 46.3 Å². The normalized spacial score (nSPS) is 14.4. The molecule has 2 heterocycles. The van der Waals surface area contributed by atoms with E-state index in [0.717, 1.165) is 5.56 Å². The molecule has 2 aromatic carbocycles. The van der Waals surface area contributed by atoms with Crippen LogP contribution in [0.25, 0.3) is 11.6 Å². The quantitative estimate of drug-likeness (QED) is 0.280. The van der Waals surface area contributed by atoms with Gasteiger partial charge in [0.1, 0.15) is 5.75 Å². The lowest BCUT2D eigenvalue weighted by Crippen LogP contribution is -2.00. The van der Waals surface area contributed by atoms with Crippen LogP contribution < -0.4 is 4.74 Å². The van der Waals surface area contributed by atoms with E-state index in [1.807, 2.05) is 23.6 Å². The molecule has 3 nitrogen and oxygen atoms in total. The monoisotopic (exact) mass is 366 g/mol. The van der Waals surface area contributed by atoms with Gasteiger partial charge in [-0.25, -0.2) is 4.79 Å². The fourth-order valence-corrected chi connectivity index (χ4v) is 3.46. The summed E-state index contributed by atoms with van der Waals surface area (Å²) in [6, 6.07) is 15.8. The minimum Gasteiger partial charge on any atom is -0.422 e. The molecule has 0 bridgehead atoms. The lowest BCUT2D eigenvalue weighted by atomic mass is 9.99. The SMILES string of the molecule is O=C1Oc2ccc(C(=O)c3cccs3)cc2/C1=C/c1ccc(Cl)cc1. The Morgan fingerprint density at radius 3 is 2.60 bits per heavy atom. The zero-order valence-corrected chi connectivity index (χ0v) is 14.4. The summed E-state index contributed by atoms with van der Waals surface area (Å²) >= 11 is 7.28. The number of fused-ring (bicyclic) bond motifs is 1. The van der Waals surface area contributed by atoms with E-state index >= 15 is 0 Å². The van der Waals surface area contributed by atoms with Crippen molar-refractivity contribution in [2.45, 2.75) is 0 Å². The first-order valence-electron chi connectivity index (χ1n) is 7.54. The van der Waals surface area contributed by atoms with Crippen molar-refractivity contribution in [3.05, 3.63) is 86.6 Å². The number of ketones is 1. The second-order valence-corrected chi connectivity index (χ2v) is 6.90. The molecule has 0 atom stereocenters. The second kappa shape index (κ2) is 6.31. The molecule has 5 heteroatoms. The zero-order valence-electron chi connectivity index (χ0n) is 12.9. The van der Waals surface area contributed by atoms with Gasteiger partial charge in [0.2, 0.25) is 5.78 Å². The molecule has 0 amide bonds. The van der Waals surface area contributed by atoms with Crippen LogP contribution in [0, 0.1) is 0 Å². The smallest absolute Gasteiger partial charge is 0.344 e. The van der Waals surface area contributed by atoms with E-state index < -0.39 is 5.97 Å². The number of hydrogen-bond acceptors (Lipinski definition) is 4. The molecule has 1 aliphatic heterocycles. The first-order valence-corrected chi connectivity index (χ1v) is 8.80. The average molecular weight is 367 g/mol. The molecule has 0 aliphatic carbocycles. The Hall–Kier alpha value is -2.69. The molecule has 4 rings (SSSR count). The summed E-state index contributed by atoms with van der Waals surface area (Å²) in [6.07, 6.45) is 1.74. The van der Waals surface area contributed by atoms with Crippen LogP contribution in [0.3, 0.4) is 0 Å². The van der Waals surface area contributed by atoms with Gasteiger partial charge in [-0.3, -0.25) is 4.79 Å². The predicted molar refractivity (Wildman–Crippen MR) is 99.2 cm³/mol. The van der Waals surface area contributed by atoms with Crippen molar-refractivity contribution in [1.29, 1.82) is 0 Å². The molecule has 122 valence electrons. The van der Waals surface area contributed by atoms with Gasteiger partial charge in [0, 0.05) is 16.1 Å². The largest absolute Gasteiger partial charge is 0.422 e. The van der Waals surface area contributed by atoms with Gasteiger partial charge in [0.05, 0.1) is 10.5 Å². The first kappa shape index (κ1) is 15.8. The number of hydrogen-bond donors (Lipinski definition) is 0. The number of carbonyl (C=O) groups is 2. The summed E-state index contributed by atoms with van der Waals surface area (Å²) in [5.41, 5.74) is 2.42. The summed E-state index contributed by atoms with van der Waals surface area (Å²) in [4.78, 5) is 25.4. The third kappa shape index (κ3) is 3.02. The predicted octanol–water partition coefficient (Wildman–Crippen LogP) is 5.09. The van der Waals surface area contributed by atoms with Crippen molar-refractivity contribution in [2.24, 2.45) is 0 Å². The van der Waals surface area contributed by atoms with Crippen LogP contribution in [0.2, 0.25) is 5.02 Å². The van der Waals surface area contributed by atoms with E-state index in [9.17, 15) is 9.59 Å². The first-order chi connectivity index (χ1) is 12.1. The van der Waals surface area contributed by atoms with Crippen molar-refractivity contribution in [1.82, 2.24) is 0 Å². The van der Waals surface area contributed by atoms with Crippen LogP contribution in [-0.2, 0) is 4.79 Å². The Labute approximate surface area is 153 Å². The van der Waals surface area contributed by atoms with Gasteiger partial charge in [0.25, 0.3) is 0 Å². The van der Waals surface area contributed by atoms with Crippen LogP contribution in [0.4, 0.5) is 0 Å². The van der Waals surface area contributed by atoms with Gasteiger partial charge in [0.15, 0.2) is 0 Å². The highest BCUT2D eigenvalue weighted by molar-refractivity contribution is 7.12. The molecule has 0 fully saturated rings. The second-order valence-electron chi connectivity index (χ2n) is 5.52. The summed E-state index contributed by atoms with van der Waals surface area (Å²) in [7, 11) is 0. The number of ether oxygens (including phenoxy) is 1. The summed E-state index contributed by atoms with van der Waals surface area (Å²) in [6.45, 7) is 0. The Kier molecular flexibility index (Phi) is 3.99. The molecule has 0 radical (unpaired) electrons. The van der Waals surface area contributed by atoms with Crippen molar-refractivity contribution < 1.29 is 14.3 Å². The Morgan fingerprint density at radius 2 is 1.88 bits per heavy atom. The van der Waals surface area contributed by atoms with E-state index in [1.54, 1.807) is 42.5 Å². The zero-order chi connectivity index (χ0) is 17.4. The molecule has 0 unspecified atom stereocenters. The van der Waals surface area contributed by atoms with Gasteiger partial charge in [-0.2, -0.15) is 0 Å². The maximum atomic E-state index is 12.5. The van der Waals surface area contributed by atoms with Gasteiger partial charge >= 0.3 is 5.97 Å². The molecule has 0 N–H and O–H groups in total. The molecular weight excluding hydrogens is 356 g/mol. The van der Waals surface area contributed by atoms with Crippen molar-refractivity contribution in [3.63, 3.8) is 0 Å². The van der Waals surface area contributed by atoms with Crippen LogP contribution in [-0.4, -0.2) is 11.8 Å². The molecule has 0 saturated carbocycles. The lowest BCUT2D eigenvalue weighted by molar-refractivity contribution is -0.126. The molecular formula is C20H11ClO3S. The Balaban J connectivity index is 1.76. The highest BCUT2D eigenvalue weighted by atomic mass is 35.5. The minimum absolute atomic E-state index is 0.0667. The van der Waals surface area contributed by atoms with Crippen molar-refractivity contribution in [3.8, 4) is 5.75 Å². The fourth-order valence-electron chi connectivity index (χ4n) is 2.65. The van der Waals surface area contributed by atoms with E-state index in [2.05, 4.69) is 0 Å². The third-order valence-corrected chi connectivity index (χ3v) is 5.00. The third-order valence-electron chi connectivity index (χ3n) is 3.88. The fraction of sp³-hybridized carbons (Fsp3) is 0. The summed E-state index contributed by atoms with van der Waals surface area (Å²) < 4.78 is 5.30. The maximum Gasteiger partial charge on any atom is 0.344 e. The highest BCUT2D eigenvalue weighted by Crippen LogP contribution is 2.36. The van der Waals surface area contributed by atoms with Crippen LogP contribution in [0.5, 0.6) is 5.75 Å². The summed E-state index contributed by atoms with van der Waals surface area (Å²) in [5, 5.41) is 2.49. The number of carbonyl (C=O) groups excluding carboxylic acids is 2. The van der Waals surface area contributed by atoms with Gasteiger partial charge in [-0.1, -0.05) is 29.8 Å². The molecule has 1 aromatic heterocycles. The Morgan fingerprint density at radius 1 is 1.08 bits per heavy atom. The molecule has 0 spiro atoms. The van der Waals surface area contributed by atoms with Gasteiger partial charge in [-0.15, -0.1) is 11.3 Å². The number of thiophene rings is 1. The lowest BCUT2D eigenvalue weighted by Gasteiger charge is -2.02. The maximum absolute atomic E-state index is 12.5. The van der Waals surface area contributed by atoms with Crippen LogP contribution in [0.15, 0.2) is 60.0 Å². The standard InChI is InChI=1S/C20H11ClO3S/c21-14-6-3-12(4-7-14)10-16-15-11-13(5-8-17(15)24-20(16)23)19(22)18-2-1-9-25-18/h1-11H/b16-10-. The number of esters is 1. The van der Waals surface area contributed by atoms with E-state index in [4.69, 9.17) is 16.3 Å². The molecule has 3 aromatic rings. The minimum atomic E-state index is -0.425. The van der Waals surface area contributed by atoms with Crippen LogP contribution in [0.1, 0.15) is 26.4 Å². The van der Waals surface area contributed by atoms with Crippen LogP contribution >= 0.6 is 22.9 Å².